The summed E-state index contributed by atoms with van der Waals surface area (Å²) in [6, 6.07) is 22.8. The zero-order chi connectivity index (χ0) is 60.8. The highest BCUT2D eigenvalue weighted by Gasteiger charge is 2.19. The molecule has 88 heavy (non-hydrogen) atoms. The molecule has 0 radical (unpaired) electrons. The largest absolute Gasteiger partial charge is 0.491 e. The van der Waals surface area contributed by atoms with Crippen LogP contribution >= 0.6 is 0 Å². The minimum atomic E-state index is 0.245. The van der Waals surface area contributed by atoms with Crippen LogP contribution in [0.15, 0.2) is 97.6 Å². The number of methoxy groups -OCH3 is 4. The molecule has 4 aromatic carbocycles. The molecule has 0 saturated carbocycles. The quantitative estimate of drug-likeness (QED) is 0.0445. The molecule has 0 aliphatic carbocycles. The monoisotopic (exact) mass is 1220 g/mol. The van der Waals surface area contributed by atoms with Crippen molar-refractivity contribution in [2.75, 3.05) is 187 Å². The second-order valence-electron chi connectivity index (χ2n) is 19.3. The highest BCUT2D eigenvalue weighted by molar-refractivity contribution is 5.73. The minimum Gasteiger partial charge on any atom is -0.491 e. The predicted octanol–water partition coefficient (Wildman–Crippen LogP) is 5.22. The molecular formula is C60H76N12O16. The van der Waals surface area contributed by atoms with Gasteiger partial charge in [0.2, 0.25) is 0 Å². The molecule has 28 nitrogen and oxygen atoms in total. The summed E-state index contributed by atoms with van der Waals surface area (Å²) < 4.78 is 97.8. The molecule has 9 rings (SSSR count). The summed E-state index contributed by atoms with van der Waals surface area (Å²) in [6.45, 7) is 9.51. The van der Waals surface area contributed by atoms with E-state index in [1.807, 2.05) is 97.6 Å². The second-order valence-corrected chi connectivity index (χ2v) is 19.3. The zero-order valence-corrected chi connectivity index (χ0v) is 50.1. The van der Waals surface area contributed by atoms with Gasteiger partial charge in [-0.3, -0.25) is 0 Å². The van der Waals surface area contributed by atoms with Crippen LogP contribution in [0, 0.1) is 0 Å². The standard InChI is InChI=1S/C60H76N12O16/c1-73-5-9-77-13-17-81-21-25-85-53-31-45-29-46(32-53)58-42-70(66-62-58)50-36-52(40-56(38-50)88-28-24-84-20-16-80-12-8-76-4)72-44-60(64-68-72)48-30-47(33-54(34-48)86-26-22-82-18-14-78-10-6-74-2)59-43-71(67-63-59)51-35-49(69-41-57(45)61-65-69)37-55(39-51)87-27-23-83-19-15-79-11-7-75-3/h29-44H,5-28H2,1-4H3. The van der Waals surface area contributed by atoms with Gasteiger partial charge in [0.15, 0.2) is 0 Å². The van der Waals surface area contributed by atoms with Crippen LogP contribution in [-0.2, 0) is 56.8 Å². The Balaban J connectivity index is 1.07. The Bertz CT molecular complexity index is 2740. The van der Waals surface area contributed by atoms with Crippen molar-refractivity contribution in [1.29, 1.82) is 0 Å². The Hall–Kier alpha value is -7.84. The van der Waals surface area contributed by atoms with Crippen LogP contribution < -0.4 is 18.9 Å². The molecule has 1 aliphatic rings. The van der Waals surface area contributed by atoms with Gasteiger partial charge in [0.1, 0.15) is 72.2 Å². The molecular weight excluding hydrogens is 1140 g/mol. The molecule has 5 heterocycles. The van der Waals surface area contributed by atoms with E-state index in [9.17, 15) is 0 Å². The van der Waals surface area contributed by atoms with Gasteiger partial charge in [0.25, 0.3) is 0 Å². The van der Waals surface area contributed by atoms with E-state index < -0.39 is 0 Å². The topological polar surface area (TPSA) is 271 Å². The molecule has 0 amide bonds. The summed E-state index contributed by atoms with van der Waals surface area (Å²) in [5, 5.41) is 37.3. The van der Waals surface area contributed by atoms with Crippen molar-refractivity contribution in [2.24, 2.45) is 0 Å². The molecule has 16 bridgehead atoms. The summed E-state index contributed by atoms with van der Waals surface area (Å²) in [4.78, 5) is 0. The number of nitrogens with zero attached hydrogens (tertiary/aromatic N) is 12. The highest BCUT2D eigenvalue weighted by atomic mass is 16.6. The third kappa shape index (κ3) is 20.1. The van der Waals surface area contributed by atoms with Crippen LogP contribution in [0.2, 0.25) is 0 Å². The van der Waals surface area contributed by atoms with Gasteiger partial charge < -0.3 is 75.8 Å². The van der Waals surface area contributed by atoms with Gasteiger partial charge in [0.05, 0.1) is 180 Å². The number of ether oxygens (including phenoxy) is 16. The smallest absolute Gasteiger partial charge is 0.123 e. The molecule has 0 saturated heterocycles. The molecule has 8 aromatic rings. The molecule has 472 valence electrons. The first-order valence-electron chi connectivity index (χ1n) is 28.9. The lowest BCUT2D eigenvalue weighted by atomic mass is 10.1. The lowest BCUT2D eigenvalue weighted by Crippen LogP contribution is -2.12. The summed E-state index contributed by atoms with van der Waals surface area (Å²) in [5.74, 6) is 2.12. The van der Waals surface area contributed by atoms with Gasteiger partial charge in [0, 0.05) is 75.0 Å². The van der Waals surface area contributed by atoms with Crippen LogP contribution in [0.1, 0.15) is 0 Å². The van der Waals surface area contributed by atoms with Crippen molar-refractivity contribution in [3.05, 3.63) is 97.6 Å². The number of aromatic nitrogens is 12. The third-order valence-electron chi connectivity index (χ3n) is 13.0. The van der Waals surface area contributed by atoms with E-state index in [0.717, 1.165) is 0 Å². The maximum Gasteiger partial charge on any atom is 0.123 e. The highest BCUT2D eigenvalue weighted by Crippen LogP contribution is 2.34. The lowest BCUT2D eigenvalue weighted by molar-refractivity contribution is 0.0180. The molecule has 0 fully saturated rings. The molecule has 0 unspecified atom stereocenters. The van der Waals surface area contributed by atoms with Gasteiger partial charge in [-0.25, -0.2) is 18.7 Å². The average molecular weight is 1220 g/mol. The van der Waals surface area contributed by atoms with Crippen LogP contribution in [-0.4, -0.2) is 247 Å². The Morgan fingerprint density at radius 2 is 0.443 bits per heavy atom. The van der Waals surface area contributed by atoms with Gasteiger partial charge >= 0.3 is 0 Å². The number of hydrogen-bond donors (Lipinski definition) is 0. The van der Waals surface area contributed by atoms with E-state index in [4.69, 9.17) is 75.8 Å². The van der Waals surface area contributed by atoms with Crippen LogP contribution in [0.3, 0.4) is 0 Å². The van der Waals surface area contributed by atoms with E-state index in [1.165, 1.54) is 0 Å². The first kappa shape index (κ1) is 64.6. The third-order valence-corrected chi connectivity index (χ3v) is 13.0. The molecule has 0 N–H and O–H groups in total. The Kier molecular flexibility index (Phi) is 26.3. The predicted molar refractivity (Wildman–Crippen MR) is 317 cm³/mol. The van der Waals surface area contributed by atoms with Crippen molar-refractivity contribution in [1.82, 2.24) is 60.0 Å². The number of fused-ring (bicyclic) bond motifs is 24. The van der Waals surface area contributed by atoms with E-state index in [2.05, 4.69) is 41.2 Å². The average Bonchev–Trinajstić information content (AvgIpc) is 3.18. The molecule has 4 aromatic heterocycles. The van der Waals surface area contributed by atoms with Crippen LogP contribution in [0.5, 0.6) is 23.0 Å². The van der Waals surface area contributed by atoms with Crippen molar-refractivity contribution in [3.8, 4) is 90.8 Å². The summed E-state index contributed by atoms with van der Waals surface area (Å²) in [5.41, 5.74) is 7.40. The maximum atomic E-state index is 6.35. The van der Waals surface area contributed by atoms with Crippen molar-refractivity contribution in [3.63, 3.8) is 0 Å². The first-order valence-corrected chi connectivity index (χ1v) is 28.9. The molecule has 28 heteroatoms. The summed E-state index contributed by atoms with van der Waals surface area (Å²) >= 11 is 0. The van der Waals surface area contributed by atoms with Gasteiger partial charge in [-0.15, -0.1) is 20.4 Å². The minimum absolute atomic E-state index is 0.245. The van der Waals surface area contributed by atoms with Crippen molar-refractivity contribution < 1.29 is 75.8 Å². The number of benzene rings is 4. The summed E-state index contributed by atoms with van der Waals surface area (Å²) in [7, 11) is 6.53. The van der Waals surface area contributed by atoms with E-state index in [0.29, 0.717) is 223 Å². The number of rotatable bonds is 40. The Labute approximate surface area is 509 Å². The zero-order valence-electron chi connectivity index (χ0n) is 50.1. The van der Waals surface area contributed by atoms with Crippen LogP contribution in [0.4, 0.5) is 0 Å². The number of hydrogen-bond acceptors (Lipinski definition) is 24. The molecule has 0 spiro atoms. The maximum absolute atomic E-state index is 6.35. The summed E-state index contributed by atoms with van der Waals surface area (Å²) in [6.07, 6.45) is 7.30. The fraction of sp³-hybridized carbons (Fsp3) is 0.467. The van der Waals surface area contributed by atoms with E-state index in [1.54, 1.807) is 47.2 Å². The first-order chi connectivity index (χ1) is 43.5. The fourth-order valence-electron chi connectivity index (χ4n) is 8.61. The van der Waals surface area contributed by atoms with Crippen LogP contribution in [0.25, 0.3) is 67.8 Å². The Morgan fingerprint density at radius 3 is 0.670 bits per heavy atom. The Morgan fingerprint density at radius 1 is 0.239 bits per heavy atom. The lowest BCUT2D eigenvalue weighted by Gasteiger charge is -2.12. The van der Waals surface area contributed by atoms with E-state index in [-0.39, 0.29) is 26.4 Å². The van der Waals surface area contributed by atoms with Gasteiger partial charge in [-0.2, -0.15) is 0 Å². The van der Waals surface area contributed by atoms with Gasteiger partial charge in [-0.1, -0.05) is 20.9 Å². The molecule has 1 aliphatic heterocycles. The van der Waals surface area contributed by atoms with Crippen molar-refractivity contribution >= 4 is 0 Å². The second kappa shape index (κ2) is 35.8. The van der Waals surface area contributed by atoms with Crippen molar-refractivity contribution in [2.45, 2.75) is 0 Å². The SMILES string of the molecule is COCCOCCOCCOc1cc2cc(c1)-c1cn(nn1)-c1cc(OCCOCCOCCOC)cc(c1)-n1cc(nn1)-c1cc(OCCOCCOCCOC)cc(c1)-c1cn(nn1)-c1cc(OCCOCCOCCOC)cc(c1)-n1cc-2nn1. The van der Waals surface area contributed by atoms with E-state index >= 15 is 0 Å². The molecule has 0 atom stereocenters. The van der Waals surface area contributed by atoms with Gasteiger partial charge in [-0.05, 0) is 48.5 Å². The fourth-order valence-corrected chi connectivity index (χ4v) is 8.61. The normalized spacial score (nSPS) is 11.7.